The van der Waals surface area contributed by atoms with Crippen LogP contribution in [0.15, 0.2) is 24.3 Å². The van der Waals surface area contributed by atoms with Gasteiger partial charge in [-0.1, -0.05) is 12.1 Å². The maximum Gasteiger partial charge on any atom is 0.225 e. The van der Waals surface area contributed by atoms with Gasteiger partial charge >= 0.3 is 0 Å². The van der Waals surface area contributed by atoms with Crippen molar-refractivity contribution >= 4 is 23.4 Å². The Bertz CT molecular complexity index is 543. The molecule has 3 rings (SSSR count). The maximum absolute atomic E-state index is 12.2. The monoisotopic (exact) mass is 363 g/mol. The summed E-state index contributed by atoms with van der Waals surface area (Å²) in [5.74, 6) is 2.61. The van der Waals surface area contributed by atoms with Crippen LogP contribution in [0.25, 0.3) is 0 Å². The molecule has 6 heteroatoms. The first-order valence-electron chi connectivity index (χ1n) is 9.29. The highest BCUT2D eigenvalue weighted by Gasteiger charge is 2.14. The summed E-state index contributed by atoms with van der Waals surface area (Å²) in [5.41, 5.74) is 2.12. The second-order valence-corrected chi connectivity index (χ2v) is 7.94. The number of morpholine rings is 1. The standard InChI is InChI=1S/C19H29N3O2S/c23-19(4-7-22-8-10-24-11-9-22)21-18-3-1-2-16(14-18)15-20-17-5-12-25-13-6-17/h1-3,14,17,20H,4-13,15H2,(H,21,23). The van der Waals surface area contributed by atoms with Crippen molar-refractivity contribution in [1.82, 2.24) is 10.2 Å². The van der Waals surface area contributed by atoms with Gasteiger partial charge in [-0.15, -0.1) is 0 Å². The highest BCUT2D eigenvalue weighted by atomic mass is 32.2. The molecule has 0 saturated carbocycles. The van der Waals surface area contributed by atoms with Gasteiger partial charge in [0.25, 0.3) is 0 Å². The van der Waals surface area contributed by atoms with Crippen molar-refractivity contribution in [2.75, 3.05) is 49.7 Å². The Balaban J connectivity index is 1.41. The molecule has 1 aromatic rings. The summed E-state index contributed by atoms with van der Waals surface area (Å²) in [4.78, 5) is 14.5. The molecule has 5 nitrogen and oxygen atoms in total. The minimum absolute atomic E-state index is 0.0842. The molecule has 0 radical (unpaired) electrons. The van der Waals surface area contributed by atoms with Crippen LogP contribution >= 0.6 is 11.8 Å². The van der Waals surface area contributed by atoms with Gasteiger partial charge in [-0.25, -0.2) is 0 Å². The lowest BCUT2D eigenvalue weighted by molar-refractivity contribution is -0.116. The van der Waals surface area contributed by atoms with E-state index in [0.29, 0.717) is 12.5 Å². The fourth-order valence-electron chi connectivity index (χ4n) is 3.23. The van der Waals surface area contributed by atoms with Crippen LogP contribution in [0, 0.1) is 0 Å². The molecule has 25 heavy (non-hydrogen) atoms. The smallest absolute Gasteiger partial charge is 0.225 e. The summed E-state index contributed by atoms with van der Waals surface area (Å²) in [7, 11) is 0. The van der Waals surface area contributed by atoms with E-state index < -0.39 is 0 Å². The van der Waals surface area contributed by atoms with Crippen molar-refractivity contribution in [1.29, 1.82) is 0 Å². The number of hydrogen-bond acceptors (Lipinski definition) is 5. The molecule has 1 amide bonds. The summed E-state index contributed by atoms with van der Waals surface area (Å²) in [6, 6.07) is 8.82. The zero-order valence-corrected chi connectivity index (χ0v) is 15.7. The fraction of sp³-hybridized carbons (Fsp3) is 0.632. The van der Waals surface area contributed by atoms with Gasteiger partial charge in [-0.2, -0.15) is 11.8 Å². The topological polar surface area (TPSA) is 53.6 Å². The molecule has 0 aliphatic carbocycles. The van der Waals surface area contributed by atoms with Crippen molar-refractivity contribution in [3.8, 4) is 0 Å². The third kappa shape index (κ3) is 6.62. The SMILES string of the molecule is O=C(CCN1CCOCC1)Nc1cccc(CNC2CCSCC2)c1. The van der Waals surface area contributed by atoms with Crippen molar-refractivity contribution in [3.63, 3.8) is 0 Å². The van der Waals surface area contributed by atoms with Crippen LogP contribution in [0.5, 0.6) is 0 Å². The number of carbonyl (C=O) groups excluding carboxylic acids is 1. The van der Waals surface area contributed by atoms with Gasteiger partial charge in [-0.05, 0) is 42.0 Å². The van der Waals surface area contributed by atoms with Gasteiger partial charge in [0.15, 0.2) is 0 Å². The van der Waals surface area contributed by atoms with E-state index in [2.05, 4.69) is 27.7 Å². The Kier molecular flexibility index (Phi) is 7.60. The van der Waals surface area contributed by atoms with Crippen molar-refractivity contribution in [3.05, 3.63) is 29.8 Å². The number of nitrogens with one attached hydrogen (secondary N) is 2. The summed E-state index contributed by atoms with van der Waals surface area (Å²) >= 11 is 2.05. The van der Waals surface area contributed by atoms with E-state index in [1.165, 1.54) is 29.9 Å². The van der Waals surface area contributed by atoms with E-state index in [4.69, 9.17) is 4.74 Å². The van der Waals surface area contributed by atoms with Crippen molar-refractivity contribution in [2.24, 2.45) is 0 Å². The minimum atomic E-state index is 0.0842. The second-order valence-electron chi connectivity index (χ2n) is 6.72. The van der Waals surface area contributed by atoms with E-state index in [9.17, 15) is 4.79 Å². The second kappa shape index (κ2) is 10.2. The van der Waals surface area contributed by atoms with Crippen molar-refractivity contribution < 1.29 is 9.53 Å². The Morgan fingerprint density at radius 2 is 2.04 bits per heavy atom. The Labute approximate surface area is 154 Å². The predicted molar refractivity (Wildman–Crippen MR) is 104 cm³/mol. The largest absolute Gasteiger partial charge is 0.379 e. The molecule has 2 aliphatic heterocycles. The molecule has 0 atom stereocenters. The molecule has 0 bridgehead atoms. The van der Waals surface area contributed by atoms with Gasteiger partial charge in [0, 0.05) is 44.3 Å². The predicted octanol–water partition coefficient (Wildman–Crippen LogP) is 2.33. The fourth-order valence-corrected chi connectivity index (χ4v) is 4.34. The van der Waals surface area contributed by atoms with Gasteiger partial charge in [0.1, 0.15) is 0 Å². The molecule has 1 aromatic carbocycles. The molecule has 138 valence electrons. The van der Waals surface area contributed by atoms with Crippen LogP contribution in [-0.2, 0) is 16.1 Å². The average molecular weight is 364 g/mol. The third-order valence-electron chi connectivity index (χ3n) is 4.79. The molecule has 2 N–H and O–H groups in total. The quantitative estimate of drug-likeness (QED) is 0.779. The summed E-state index contributed by atoms with van der Waals surface area (Å²) in [6.45, 7) is 5.07. The van der Waals surface area contributed by atoms with Gasteiger partial charge < -0.3 is 15.4 Å². The molecule has 2 saturated heterocycles. The lowest BCUT2D eigenvalue weighted by Crippen LogP contribution is -2.38. The first-order chi connectivity index (χ1) is 12.3. The minimum Gasteiger partial charge on any atom is -0.379 e. The van der Waals surface area contributed by atoms with E-state index in [1.54, 1.807) is 0 Å². The lowest BCUT2D eigenvalue weighted by Gasteiger charge is -2.26. The van der Waals surface area contributed by atoms with E-state index in [-0.39, 0.29) is 5.91 Å². The summed E-state index contributed by atoms with van der Waals surface area (Å²) in [6.07, 6.45) is 3.04. The van der Waals surface area contributed by atoms with E-state index in [0.717, 1.165) is 45.1 Å². The number of anilines is 1. The lowest BCUT2D eigenvalue weighted by atomic mass is 10.1. The first kappa shape index (κ1) is 18.7. The molecule has 0 aromatic heterocycles. The number of nitrogens with zero attached hydrogens (tertiary/aromatic N) is 1. The molecule has 2 fully saturated rings. The first-order valence-corrected chi connectivity index (χ1v) is 10.4. The number of hydrogen-bond donors (Lipinski definition) is 2. The van der Waals surface area contributed by atoms with Crippen LogP contribution in [-0.4, -0.2) is 61.2 Å². The number of thioether (sulfide) groups is 1. The Morgan fingerprint density at radius 1 is 1.24 bits per heavy atom. The van der Waals surface area contributed by atoms with Gasteiger partial charge in [0.05, 0.1) is 13.2 Å². The Morgan fingerprint density at radius 3 is 2.84 bits per heavy atom. The Hall–Kier alpha value is -1.08. The van der Waals surface area contributed by atoms with Crippen LogP contribution in [0.4, 0.5) is 5.69 Å². The van der Waals surface area contributed by atoms with Crippen LogP contribution in [0.3, 0.4) is 0 Å². The highest BCUT2D eigenvalue weighted by molar-refractivity contribution is 7.99. The van der Waals surface area contributed by atoms with E-state index >= 15 is 0 Å². The number of rotatable bonds is 7. The molecule has 0 spiro atoms. The number of ether oxygens (including phenoxy) is 1. The average Bonchev–Trinajstić information content (AvgIpc) is 2.67. The number of benzene rings is 1. The maximum atomic E-state index is 12.2. The molecule has 2 heterocycles. The van der Waals surface area contributed by atoms with Crippen LogP contribution in [0.2, 0.25) is 0 Å². The van der Waals surface area contributed by atoms with E-state index in [1.807, 2.05) is 23.9 Å². The third-order valence-corrected chi connectivity index (χ3v) is 5.83. The molecular formula is C19H29N3O2S. The zero-order valence-electron chi connectivity index (χ0n) is 14.8. The normalized spacial score (nSPS) is 19.7. The molecular weight excluding hydrogens is 334 g/mol. The van der Waals surface area contributed by atoms with Gasteiger partial charge in [0.2, 0.25) is 5.91 Å². The summed E-state index contributed by atoms with van der Waals surface area (Å²) in [5, 5.41) is 6.67. The number of carbonyl (C=O) groups is 1. The highest BCUT2D eigenvalue weighted by Crippen LogP contribution is 2.18. The summed E-state index contributed by atoms with van der Waals surface area (Å²) < 4.78 is 5.33. The zero-order chi connectivity index (χ0) is 17.3. The molecule has 0 unspecified atom stereocenters. The van der Waals surface area contributed by atoms with Gasteiger partial charge in [-0.3, -0.25) is 9.69 Å². The van der Waals surface area contributed by atoms with Crippen LogP contribution in [0.1, 0.15) is 24.8 Å². The number of amides is 1. The van der Waals surface area contributed by atoms with Crippen LogP contribution < -0.4 is 10.6 Å². The van der Waals surface area contributed by atoms with Crippen molar-refractivity contribution in [2.45, 2.75) is 31.8 Å². The molecule has 2 aliphatic rings.